The van der Waals surface area contributed by atoms with Crippen LogP contribution in [0.5, 0.6) is 5.75 Å². The molecule has 0 aliphatic carbocycles. The van der Waals surface area contributed by atoms with Crippen LogP contribution in [0.1, 0.15) is 17.4 Å². The fourth-order valence-corrected chi connectivity index (χ4v) is 2.38. The maximum Gasteiger partial charge on any atom is 0.221 e. The van der Waals surface area contributed by atoms with Gasteiger partial charge in [0.05, 0.1) is 5.69 Å². The number of amides is 1. The molecule has 2 aromatic rings. The van der Waals surface area contributed by atoms with Gasteiger partial charge in [0, 0.05) is 11.9 Å². The van der Waals surface area contributed by atoms with E-state index >= 15 is 0 Å². The number of thiophene rings is 1. The van der Waals surface area contributed by atoms with Crippen molar-refractivity contribution >= 4 is 23.4 Å². The van der Waals surface area contributed by atoms with Crippen LogP contribution in [0, 0.1) is 0 Å². The summed E-state index contributed by atoms with van der Waals surface area (Å²) in [6, 6.07) is 10.4. The van der Waals surface area contributed by atoms with E-state index in [1.807, 2.05) is 19.2 Å². The van der Waals surface area contributed by atoms with Gasteiger partial charge in [0.15, 0.2) is 0 Å². The van der Waals surface area contributed by atoms with Gasteiger partial charge < -0.3 is 10.1 Å². The number of carbonyl (C=O) groups excluding carboxylic acids is 1. The zero-order valence-electron chi connectivity index (χ0n) is 12.3. The number of para-hydroxylation sites is 1. The number of rotatable bonds is 6. The predicted molar refractivity (Wildman–Crippen MR) is 87.4 cm³/mol. The lowest BCUT2D eigenvalue weighted by Crippen LogP contribution is -2.18. The third-order valence-corrected chi connectivity index (χ3v) is 3.60. The normalized spacial score (nSPS) is 9.29. The van der Waals surface area contributed by atoms with Crippen molar-refractivity contribution in [2.75, 3.05) is 12.4 Å². The first-order valence-electron chi connectivity index (χ1n) is 6.61. The minimum Gasteiger partial charge on any atom is -0.486 e. The van der Waals surface area contributed by atoms with E-state index in [-0.39, 0.29) is 0 Å². The van der Waals surface area contributed by atoms with Gasteiger partial charge >= 0.3 is 0 Å². The molecule has 0 fully saturated rings. The van der Waals surface area contributed by atoms with Gasteiger partial charge in [0.1, 0.15) is 12.4 Å². The number of ether oxygens (including phenoxy) is 1. The molecular weight excluding hydrogens is 286 g/mol. The Morgan fingerprint density at radius 2 is 2.10 bits per heavy atom. The van der Waals surface area contributed by atoms with E-state index in [0.29, 0.717) is 13.0 Å². The van der Waals surface area contributed by atoms with Gasteiger partial charge in [0.25, 0.3) is 0 Å². The number of nitrogens with one attached hydrogen (secondary N) is 2. The molecule has 21 heavy (non-hydrogen) atoms. The zero-order valence-corrected chi connectivity index (χ0v) is 13.1. The van der Waals surface area contributed by atoms with Crippen molar-refractivity contribution in [1.82, 2.24) is 5.43 Å². The second kappa shape index (κ2) is 9.79. The highest BCUT2D eigenvalue weighted by atomic mass is 32.1. The maximum atomic E-state index is 8.94. The number of aryl methyl sites for hydroxylation is 1. The minimum atomic E-state index is 0.403. The van der Waals surface area contributed by atoms with Crippen LogP contribution in [-0.2, 0) is 17.8 Å². The van der Waals surface area contributed by atoms with Crippen LogP contribution in [0.4, 0.5) is 5.69 Å². The summed E-state index contributed by atoms with van der Waals surface area (Å²) >= 11 is 1.72. The summed E-state index contributed by atoms with van der Waals surface area (Å²) in [5.41, 5.74) is 4.05. The molecule has 1 aromatic carbocycles. The van der Waals surface area contributed by atoms with Crippen LogP contribution in [0.3, 0.4) is 0 Å². The maximum absolute atomic E-state index is 8.94. The van der Waals surface area contributed by atoms with Crippen molar-refractivity contribution in [3.8, 4) is 5.75 Å². The molecule has 0 saturated carbocycles. The molecule has 114 valence electrons. The molecule has 1 heterocycles. The van der Waals surface area contributed by atoms with Gasteiger partial charge in [-0.05, 0) is 29.5 Å². The first kappa shape index (κ1) is 17.0. The molecule has 0 spiro atoms. The van der Waals surface area contributed by atoms with Crippen molar-refractivity contribution in [1.29, 1.82) is 0 Å². The lowest BCUT2D eigenvalue weighted by molar-refractivity contribution is -0.109. The van der Waals surface area contributed by atoms with E-state index in [1.54, 1.807) is 16.8 Å². The summed E-state index contributed by atoms with van der Waals surface area (Å²) in [7, 11) is 1.92. The molecule has 0 saturated heterocycles. The van der Waals surface area contributed by atoms with E-state index in [0.717, 1.165) is 17.9 Å². The summed E-state index contributed by atoms with van der Waals surface area (Å²) in [6.07, 6.45) is 1.38. The molecule has 6 heteroatoms. The first-order valence-corrected chi connectivity index (χ1v) is 7.49. The Labute approximate surface area is 129 Å². The van der Waals surface area contributed by atoms with E-state index in [2.05, 4.69) is 41.7 Å². The Balaban J connectivity index is 0.000000491. The average molecular weight is 307 g/mol. The molecule has 0 unspecified atom stereocenters. The fourth-order valence-electron chi connectivity index (χ4n) is 1.77. The topological polar surface area (TPSA) is 76.4 Å². The van der Waals surface area contributed by atoms with Gasteiger partial charge in [0.2, 0.25) is 6.41 Å². The third kappa shape index (κ3) is 5.45. The van der Waals surface area contributed by atoms with E-state index in [4.69, 9.17) is 9.53 Å². The van der Waals surface area contributed by atoms with Crippen LogP contribution >= 0.6 is 11.3 Å². The molecule has 0 aliphatic rings. The Hall–Kier alpha value is -2.05. The summed E-state index contributed by atoms with van der Waals surface area (Å²) in [5, 5.41) is 5.25. The molecule has 0 bridgehead atoms. The van der Waals surface area contributed by atoms with Crippen LogP contribution in [0.25, 0.3) is 0 Å². The van der Waals surface area contributed by atoms with Crippen molar-refractivity contribution < 1.29 is 9.53 Å². The monoisotopic (exact) mass is 307 g/mol. The quantitative estimate of drug-likeness (QED) is 0.332. The highest BCUT2D eigenvalue weighted by Gasteiger charge is 2.07. The molecule has 5 nitrogen and oxygen atoms in total. The number of nitrogens with two attached hydrogens (primary N) is 1. The molecule has 0 aliphatic heterocycles. The first-order chi connectivity index (χ1) is 10.3. The molecule has 0 atom stereocenters. The minimum absolute atomic E-state index is 0.403. The molecule has 1 aromatic heterocycles. The summed E-state index contributed by atoms with van der Waals surface area (Å²) in [5.74, 6) is 5.39. The van der Waals surface area contributed by atoms with Crippen molar-refractivity contribution in [2.45, 2.75) is 20.0 Å². The van der Waals surface area contributed by atoms with Gasteiger partial charge in [-0.1, -0.05) is 25.1 Å². The Morgan fingerprint density at radius 1 is 1.33 bits per heavy atom. The van der Waals surface area contributed by atoms with E-state index < -0.39 is 0 Å². The number of hydrazine groups is 1. The molecule has 0 radical (unpaired) electrons. The summed E-state index contributed by atoms with van der Waals surface area (Å²) in [4.78, 5) is 10.2. The summed E-state index contributed by atoms with van der Waals surface area (Å²) in [6.45, 7) is 2.79. The molecular formula is C15H21N3O2S. The highest BCUT2D eigenvalue weighted by Crippen LogP contribution is 2.30. The van der Waals surface area contributed by atoms with Crippen LogP contribution in [0.15, 0.2) is 35.7 Å². The largest absolute Gasteiger partial charge is 0.486 e. The SMILES string of the molecule is CCc1cccc(NC)c1OCc1cccs1.NNC=O. The van der Waals surface area contributed by atoms with Crippen molar-refractivity contribution in [3.63, 3.8) is 0 Å². The summed E-state index contributed by atoms with van der Waals surface area (Å²) < 4.78 is 5.94. The van der Waals surface area contributed by atoms with Crippen molar-refractivity contribution in [2.24, 2.45) is 5.84 Å². The smallest absolute Gasteiger partial charge is 0.221 e. The average Bonchev–Trinajstić information content (AvgIpc) is 3.06. The Morgan fingerprint density at radius 3 is 2.62 bits per heavy atom. The Bertz CT molecular complexity index is 507. The lowest BCUT2D eigenvalue weighted by atomic mass is 10.1. The van der Waals surface area contributed by atoms with Gasteiger partial charge in [-0.25, -0.2) is 5.84 Å². The van der Waals surface area contributed by atoms with Gasteiger partial charge in [-0.2, -0.15) is 0 Å². The second-order valence-corrected chi connectivity index (χ2v) is 5.08. The number of benzene rings is 1. The zero-order chi connectivity index (χ0) is 15.5. The number of hydrogen-bond acceptors (Lipinski definition) is 5. The lowest BCUT2D eigenvalue weighted by Gasteiger charge is -2.14. The predicted octanol–water partition coefficient (Wildman–Crippen LogP) is 2.54. The number of hydrogen-bond donors (Lipinski definition) is 3. The number of anilines is 1. The van der Waals surface area contributed by atoms with E-state index in [9.17, 15) is 0 Å². The van der Waals surface area contributed by atoms with Gasteiger partial charge in [-0.3, -0.25) is 10.2 Å². The van der Waals surface area contributed by atoms with Crippen LogP contribution < -0.4 is 21.3 Å². The van der Waals surface area contributed by atoms with Gasteiger partial charge in [-0.15, -0.1) is 11.3 Å². The van der Waals surface area contributed by atoms with Crippen molar-refractivity contribution in [3.05, 3.63) is 46.2 Å². The Kier molecular flexibility index (Phi) is 7.93. The van der Waals surface area contributed by atoms with E-state index in [1.165, 1.54) is 10.4 Å². The number of carbonyl (C=O) groups is 1. The fraction of sp³-hybridized carbons (Fsp3) is 0.267. The molecule has 4 N–H and O–H groups in total. The second-order valence-electron chi connectivity index (χ2n) is 4.05. The third-order valence-electron chi connectivity index (χ3n) is 2.75. The molecule has 2 rings (SSSR count). The highest BCUT2D eigenvalue weighted by molar-refractivity contribution is 7.09. The standard InChI is InChI=1S/C14H17NOS.CH4N2O/c1-3-11-6-4-8-13(15-2)14(11)16-10-12-7-5-9-17-12;2-3-1-4/h4-9,15H,3,10H2,1-2H3;1H,2H2,(H,3,4). The van der Waals surface area contributed by atoms with Crippen LogP contribution in [-0.4, -0.2) is 13.5 Å². The molecule has 1 amide bonds. The van der Waals surface area contributed by atoms with Crippen LogP contribution in [0.2, 0.25) is 0 Å².